The van der Waals surface area contributed by atoms with E-state index in [0.717, 1.165) is 0 Å². The number of carbonyl (C=O) groups excluding carboxylic acids is 2. The molecular weight excluding hydrogens is 396 g/mol. The van der Waals surface area contributed by atoms with Gasteiger partial charge >= 0.3 is 11.8 Å². The van der Waals surface area contributed by atoms with Crippen LogP contribution < -0.4 is 10.7 Å². The molecular formula is C15H9Cl4N3O2. The molecule has 0 bridgehead atoms. The van der Waals surface area contributed by atoms with Gasteiger partial charge in [0.15, 0.2) is 0 Å². The molecule has 0 aromatic heterocycles. The van der Waals surface area contributed by atoms with Crippen LogP contribution in [-0.2, 0) is 9.59 Å². The van der Waals surface area contributed by atoms with Crippen LogP contribution in [0, 0.1) is 0 Å². The summed E-state index contributed by atoms with van der Waals surface area (Å²) in [6.07, 6.45) is 1.29. The first-order chi connectivity index (χ1) is 11.4. The topological polar surface area (TPSA) is 70.6 Å². The van der Waals surface area contributed by atoms with Crippen molar-refractivity contribution in [1.29, 1.82) is 0 Å². The normalized spacial score (nSPS) is 10.7. The first-order valence-corrected chi connectivity index (χ1v) is 7.93. The van der Waals surface area contributed by atoms with Crippen LogP contribution >= 0.6 is 46.4 Å². The van der Waals surface area contributed by atoms with Crippen LogP contribution in [0.4, 0.5) is 5.69 Å². The summed E-state index contributed by atoms with van der Waals surface area (Å²) in [4.78, 5) is 23.5. The minimum absolute atomic E-state index is 0.136. The zero-order valence-corrected chi connectivity index (χ0v) is 14.8. The van der Waals surface area contributed by atoms with Gasteiger partial charge in [0, 0.05) is 10.6 Å². The average molecular weight is 405 g/mol. The molecule has 2 aromatic rings. The van der Waals surface area contributed by atoms with Crippen LogP contribution in [-0.4, -0.2) is 18.0 Å². The molecule has 5 nitrogen and oxygen atoms in total. The lowest BCUT2D eigenvalue weighted by atomic mass is 10.2. The highest BCUT2D eigenvalue weighted by Gasteiger charge is 2.15. The van der Waals surface area contributed by atoms with Gasteiger partial charge in [-0.3, -0.25) is 9.59 Å². The Hall–Kier alpha value is -1.79. The monoisotopic (exact) mass is 403 g/mol. The number of hydrazone groups is 1. The maximum atomic E-state index is 11.8. The molecule has 0 atom stereocenters. The molecule has 0 saturated heterocycles. The molecule has 2 rings (SSSR count). The quantitative estimate of drug-likeness (QED) is 0.452. The molecule has 0 heterocycles. The van der Waals surface area contributed by atoms with Gasteiger partial charge in [-0.1, -0.05) is 58.5 Å². The Labute approximate surface area is 157 Å². The smallest absolute Gasteiger partial charge is 0.316 e. The fourth-order valence-corrected chi connectivity index (χ4v) is 2.40. The van der Waals surface area contributed by atoms with E-state index in [2.05, 4.69) is 15.8 Å². The van der Waals surface area contributed by atoms with Crippen LogP contribution in [0.25, 0.3) is 0 Å². The summed E-state index contributed by atoms with van der Waals surface area (Å²) in [6, 6.07) is 9.41. The third kappa shape index (κ3) is 4.85. The number of benzene rings is 2. The number of halogens is 4. The molecule has 0 radical (unpaired) electrons. The Balaban J connectivity index is 1.98. The van der Waals surface area contributed by atoms with Gasteiger partial charge in [0.25, 0.3) is 0 Å². The van der Waals surface area contributed by atoms with Crippen LogP contribution in [0.1, 0.15) is 5.56 Å². The third-order valence-corrected chi connectivity index (χ3v) is 4.12. The van der Waals surface area contributed by atoms with Gasteiger partial charge in [0.2, 0.25) is 0 Å². The molecule has 0 aliphatic carbocycles. The van der Waals surface area contributed by atoms with Crippen LogP contribution in [0.15, 0.2) is 41.5 Å². The number of hydrogen-bond acceptors (Lipinski definition) is 3. The molecule has 0 spiro atoms. The van der Waals surface area contributed by atoms with Crippen molar-refractivity contribution in [3.05, 3.63) is 62.1 Å². The number of carbonyl (C=O) groups is 2. The summed E-state index contributed by atoms with van der Waals surface area (Å²) in [5.41, 5.74) is 2.82. The largest absolute Gasteiger partial charge is 0.329 e. The third-order valence-electron chi connectivity index (χ3n) is 2.74. The first-order valence-electron chi connectivity index (χ1n) is 6.42. The molecule has 2 amide bonds. The zero-order chi connectivity index (χ0) is 17.7. The van der Waals surface area contributed by atoms with Crippen molar-refractivity contribution >= 4 is 70.1 Å². The number of rotatable bonds is 3. The highest BCUT2D eigenvalue weighted by atomic mass is 35.5. The molecule has 124 valence electrons. The minimum Gasteiger partial charge on any atom is -0.316 e. The molecule has 0 fully saturated rings. The second-order valence-electron chi connectivity index (χ2n) is 4.42. The molecule has 0 saturated carbocycles. The number of amides is 2. The van der Waals surface area contributed by atoms with Crippen LogP contribution in [0.2, 0.25) is 20.1 Å². The van der Waals surface area contributed by atoms with Crippen molar-refractivity contribution in [3.63, 3.8) is 0 Å². The van der Waals surface area contributed by atoms with Gasteiger partial charge in [-0.25, -0.2) is 5.43 Å². The van der Waals surface area contributed by atoms with E-state index in [9.17, 15) is 9.59 Å². The van der Waals surface area contributed by atoms with Crippen molar-refractivity contribution in [1.82, 2.24) is 5.43 Å². The van der Waals surface area contributed by atoms with E-state index in [1.807, 2.05) is 0 Å². The predicted octanol–water partition coefficient (Wildman–Crippen LogP) is 4.39. The van der Waals surface area contributed by atoms with Gasteiger partial charge in [-0.15, -0.1) is 0 Å². The minimum atomic E-state index is -0.979. The predicted molar refractivity (Wildman–Crippen MR) is 97.3 cm³/mol. The Morgan fingerprint density at radius 2 is 1.71 bits per heavy atom. The summed E-state index contributed by atoms with van der Waals surface area (Å²) in [7, 11) is 0. The van der Waals surface area contributed by atoms with Crippen LogP contribution in [0.5, 0.6) is 0 Å². The second-order valence-corrected chi connectivity index (χ2v) is 6.05. The Bertz CT molecular complexity index is 824. The SMILES string of the molecule is O=C(N/N=C\c1ccc(Cl)cc1Cl)C(=O)Nc1cccc(Cl)c1Cl. The van der Waals surface area contributed by atoms with Crippen molar-refractivity contribution in [2.75, 3.05) is 5.32 Å². The molecule has 0 aliphatic rings. The van der Waals surface area contributed by atoms with Gasteiger partial charge < -0.3 is 5.32 Å². The number of hydrogen-bond donors (Lipinski definition) is 2. The first kappa shape index (κ1) is 18.5. The lowest BCUT2D eigenvalue weighted by Gasteiger charge is -2.06. The van der Waals surface area contributed by atoms with Crippen molar-refractivity contribution in [3.8, 4) is 0 Å². The number of anilines is 1. The lowest BCUT2D eigenvalue weighted by Crippen LogP contribution is -2.32. The summed E-state index contributed by atoms with van der Waals surface area (Å²) < 4.78 is 0. The standard InChI is InChI=1S/C15H9Cl4N3O2/c16-9-5-4-8(11(18)6-9)7-20-22-15(24)14(23)21-12-3-1-2-10(17)13(12)19/h1-7H,(H,21,23)(H,22,24)/b20-7-. The van der Waals surface area contributed by atoms with Gasteiger partial charge in [0.1, 0.15) is 0 Å². The van der Waals surface area contributed by atoms with E-state index < -0.39 is 11.8 Å². The molecule has 0 unspecified atom stereocenters. The van der Waals surface area contributed by atoms with E-state index in [1.54, 1.807) is 24.3 Å². The number of nitrogens with zero attached hydrogens (tertiary/aromatic N) is 1. The molecule has 2 aromatic carbocycles. The molecule has 0 aliphatic heterocycles. The Morgan fingerprint density at radius 3 is 2.42 bits per heavy atom. The fourth-order valence-electron chi connectivity index (χ4n) is 1.60. The van der Waals surface area contributed by atoms with Crippen LogP contribution in [0.3, 0.4) is 0 Å². The highest BCUT2D eigenvalue weighted by Crippen LogP contribution is 2.29. The van der Waals surface area contributed by atoms with Gasteiger partial charge in [-0.05, 0) is 24.3 Å². The average Bonchev–Trinajstić information content (AvgIpc) is 2.53. The summed E-state index contributed by atoms with van der Waals surface area (Å²) >= 11 is 23.5. The molecule has 2 N–H and O–H groups in total. The second kappa shape index (κ2) is 8.35. The summed E-state index contributed by atoms with van der Waals surface area (Å²) in [5, 5.41) is 7.22. The Kier molecular flexibility index (Phi) is 6.45. The van der Waals surface area contributed by atoms with E-state index in [-0.39, 0.29) is 15.7 Å². The van der Waals surface area contributed by atoms with Gasteiger partial charge in [-0.2, -0.15) is 5.10 Å². The summed E-state index contributed by atoms with van der Waals surface area (Å²) in [5.74, 6) is -1.93. The van der Waals surface area contributed by atoms with E-state index in [0.29, 0.717) is 15.6 Å². The van der Waals surface area contributed by atoms with E-state index in [1.165, 1.54) is 18.3 Å². The van der Waals surface area contributed by atoms with Crippen molar-refractivity contribution in [2.45, 2.75) is 0 Å². The maximum absolute atomic E-state index is 11.8. The number of nitrogens with one attached hydrogen (secondary N) is 2. The Morgan fingerprint density at radius 1 is 0.958 bits per heavy atom. The lowest BCUT2D eigenvalue weighted by molar-refractivity contribution is -0.136. The zero-order valence-electron chi connectivity index (χ0n) is 11.8. The van der Waals surface area contributed by atoms with Crippen molar-refractivity contribution < 1.29 is 9.59 Å². The maximum Gasteiger partial charge on any atom is 0.329 e. The summed E-state index contributed by atoms with van der Waals surface area (Å²) in [6.45, 7) is 0. The van der Waals surface area contributed by atoms with E-state index >= 15 is 0 Å². The molecule has 9 heteroatoms. The van der Waals surface area contributed by atoms with E-state index in [4.69, 9.17) is 46.4 Å². The molecule has 24 heavy (non-hydrogen) atoms. The fraction of sp³-hybridized carbons (Fsp3) is 0. The van der Waals surface area contributed by atoms with Crippen molar-refractivity contribution in [2.24, 2.45) is 5.10 Å². The highest BCUT2D eigenvalue weighted by molar-refractivity contribution is 6.45. The van der Waals surface area contributed by atoms with Gasteiger partial charge in [0.05, 0.1) is 27.0 Å².